The Balaban J connectivity index is 3.20. The lowest BCUT2D eigenvalue weighted by Gasteiger charge is -2.10. The lowest BCUT2D eigenvalue weighted by Crippen LogP contribution is -2.22. The highest BCUT2D eigenvalue weighted by Crippen LogP contribution is 2.29. The van der Waals surface area contributed by atoms with Gasteiger partial charge < -0.3 is 10.4 Å². The van der Waals surface area contributed by atoms with Crippen LogP contribution in [-0.4, -0.2) is 28.7 Å². The third kappa shape index (κ3) is 3.79. The number of hydrogen-bond acceptors (Lipinski definition) is 4. The number of aromatic carboxylic acids is 1. The number of benzene rings is 1. The number of alkyl halides is 3. The predicted molar refractivity (Wildman–Crippen MR) is 54.6 cm³/mol. The molecule has 0 radical (unpaired) electrons. The largest absolute Gasteiger partial charge is 0.478 e. The second kappa shape index (κ2) is 5.08. The van der Waals surface area contributed by atoms with Crippen molar-refractivity contribution < 1.29 is 32.4 Å². The van der Waals surface area contributed by atoms with Crippen molar-refractivity contribution >= 4 is 17.3 Å². The number of hydrogen-bond donors (Lipinski definition) is 2. The average Bonchev–Trinajstić information content (AvgIpc) is 2.24. The molecular weight excluding hydrogens is 276 g/mol. The van der Waals surface area contributed by atoms with Crippen molar-refractivity contribution in [2.75, 3.05) is 11.9 Å². The van der Waals surface area contributed by atoms with Crippen LogP contribution < -0.4 is 5.32 Å². The van der Waals surface area contributed by atoms with Crippen molar-refractivity contribution in [3.8, 4) is 0 Å². The molecule has 1 rings (SSSR count). The lowest BCUT2D eigenvalue weighted by atomic mass is 10.1. The fraction of sp³-hybridized carbons (Fsp3) is 0.222. The van der Waals surface area contributed by atoms with Gasteiger partial charge in [0.05, 0.1) is 4.92 Å². The zero-order chi connectivity index (χ0) is 14.8. The van der Waals surface area contributed by atoms with Crippen LogP contribution in [0.3, 0.4) is 0 Å². The third-order valence-corrected chi connectivity index (χ3v) is 1.99. The standard InChI is InChI=1S/C9H6F4N2O4/c10-5-2-6(14-3-9(11,12)13)7(15(18)19)1-4(5)8(16)17/h1-2,14H,3H2,(H,16,17). The second-order valence-corrected chi connectivity index (χ2v) is 3.38. The summed E-state index contributed by atoms with van der Waals surface area (Å²) in [6, 6.07) is 0.698. The third-order valence-electron chi connectivity index (χ3n) is 1.99. The summed E-state index contributed by atoms with van der Waals surface area (Å²) in [5.41, 5.74) is -2.70. The zero-order valence-electron chi connectivity index (χ0n) is 8.99. The molecule has 1 aromatic rings. The Morgan fingerprint density at radius 3 is 2.42 bits per heavy atom. The van der Waals surface area contributed by atoms with Crippen LogP contribution in [0.1, 0.15) is 10.4 Å². The van der Waals surface area contributed by atoms with E-state index in [1.54, 1.807) is 5.32 Å². The maximum atomic E-state index is 13.2. The first-order valence-corrected chi connectivity index (χ1v) is 4.63. The van der Waals surface area contributed by atoms with E-state index in [2.05, 4.69) is 0 Å². The number of carboxylic acids is 1. The summed E-state index contributed by atoms with van der Waals surface area (Å²) in [4.78, 5) is 20.1. The van der Waals surface area contributed by atoms with Crippen LogP contribution in [0.4, 0.5) is 28.9 Å². The fourth-order valence-electron chi connectivity index (χ4n) is 1.21. The van der Waals surface area contributed by atoms with E-state index in [0.717, 1.165) is 0 Å². The number of carboxylic acid groups (broad SMARTS) is 1. The predicted octanol–water partition coefficient (Wildman–Crippen LogP) is 2.41. The summed E-state index contributed by atoms with van der Waals surface area (Å²) < 4.78 is 49.1. The minimum Gasteiger partial charge on any atom is -0.478 e. The SMILES string of the molecule is O=C(O)c1cc([N+](=O)[O-])c(NCC(F)(F)F)cc1F. The number of anilines is 1. The van der Waals surface area contributed by atoms with E-state index in [1.165, 1.54) is 0 Å². The van der Waals surface area contributed by atoms with E-state index in [1.807, 2.05) is 0 Å². The highest BCUT2D eigenvalue weighted by molar-refractivity contribution is 5.90. The molecule has 0 fully saturated rings. The Morgan fingerprint density at radius 2 is 2.00 bits per heavy atom. The molecule has 1 aromatic carbocycles. The first-order chi connectivity index (χ1) is 8.61. The van der Waals surface area contributed by atoms with Crippen molar-refractivity contribution in [1.82, 2.24) is 0 Å². The van der Waals surface area contributed by atoms with Gasteiger partial charge in [0.15, 0.2) is 0 Å². The minimum absolute atomic E-state index is 0.341. The second-order valence-electron chi connectivity index (χ2n) is 3.38. The molecule has 0 aromatic heterocycles. The summed E-state index contributed by atoms with van der Waals surface area (Å²) in [7, 11) is 0. The van der Waals surface area contributed by atoms with Gasteiger partial charge in [-0.05, 0) is 0 Å². The highest BCUT2D eigenvalue weighted by Gasteiger charge is 2.29. The summed E-state index contributed by atoms with van der Waals surface area (Å²) >= 11 is 0. The van der Waals surface area contributed by atoms with E-state index in [-0.39, 0.29) is 0 Å². The van der Waals surface area contributed by atoms with Gasteiger partial charge in [-0.1, -0.05) is 0 Å². The Hall–Kier alpha value is -2.39. The van der Waals surface area contributed by atoms with Crippen molar-refractivity contribution in [1.29, 1.82) is 0 Å². The molecule has 0 saturated heterocycles. The molecule has 0 amide bonds. The molecule has 0 heterocycles. The van der Waals surface area contributed by atoms with Gasteiger partial charge in [-0.25, -0.2) is 9.18 Å². The van der Waals surface area contributed by atoms with Crippen molar-refractivity contribution in [3.05, 3.63) is 33.6 Å². The monoisotopic (exact) mass is 282 g/mol. The van der Waals surface area contributed by atoms with Crippen LogP contribution in [0.5, 0.6) is 0 Å². The maximum Gasteiger partial charge on any atom is 0.405 e. The highest BCUT2D eigenvalue weighted by atomic mass is 19.4. The molecule has 6 nitrogen and oxygen atoms in total. The van der Waals surface area contributed by atoms with Crippen LogP contribution in [0.25, 0.3) is 0 Å². The average molecular weight is 282 g/mol. The Morgan fingerprint density at radius 1 is 1.42 bits per heavy atom. The molecule has 0 aliphatic heterocycles. The zero-order valence-corrected chi connectivity index (χ0v) is 8.99. The van der Waals surface area contributed by atoms with E-state index < -0.39 is 46.4 Å². The molecule has 10 heteroatoms. The Labute approximate surface area is 102 Å². The molecule has 19 heavy (non-hydrogen) atoms. The normalized spacial score (nSPS) is 11.2. The minimum atomic E-state index is -4.66. The van der Waals surface area contributed by atoms with Gasteiger partial charge in [-0.3, -0.25) is 10.1 Å². The number of rotatable bonds is 4. The van der Waals surface area contributed by atoms with Crippen molar-refractivity contribution in [2.45, 2.75) is 6.18 Å². The van der Waals surface area contributed by atoms with Crippen LogP contribution in [0.15, 0.2) is 12.1 Å². The Bertz CT molecular complexity index is 530. The number of carbonyl (C=O) groups is 1. The van der Waals surface area contributed by atoms with Gasteiger partial charge in [0.25, 0.3) is 5.69 Å². The number of halogens is 4. The Kier molecular flexibility index (Phi) is 3.92. The molecule has 0 spiro atoms. The molecule has 0 aliphatic rings. The van der Waals surface area contributed by atoms with Crippen LogP contribution in [0.2, 0.25) is 0 Å². The quantitative estimate of drug-likeness (QED) is 0.502. The van der Waals surface area contributed by atoms with Crippen LogP contribution >= 0.6 is 0 Å². The number of nitrogens with one attached hydrogen (secondary N) is 1. The molecule has 104 valence electrons. The first kappa shape index (κ1) is 14.7. The summed E-state index contributed by atoms with van der Waals surface area (Å²) in [6.07, 6.45) is -4.66. The number of nitrogens with zero attached hydrogens (tertiary/aromatic N) is 1. The fourth-order valence-corrected chi connectivity index (χ4v) is 1.21. The van der Waals surface area contributed by atoms with Gasteiger partial charge >= 0.3 is 12.1 Å². The molecule has 2 N–H and O–H groups in total. The molecule has 0 atom stereocenters. The van der Waals surface area contributed by atoms with Gasteiger partial charge in [0, 0.05) is 12.1 Å². The van der Waals surface area contributed by atoms with E-state index in [9.17, 15) is 32.5 Å². The number of nitro benzene ring substituents is 1. The smallest absolute Gasteiger partial charge is 0.405 e. The van der Waals surface area contributed by atoms with Crippen LogP contribution in [-0.2, 0) is 0 Å². The van der Waals surface area contributed by atoms with Crippen molar-refractivity contribution in [3.63, 3.8) is 0 Å². The van der Waals surface area contributed by atoms with Gasteiger partial charge in [-0.2, -0.15) is 13.2 Å². The van der Waals surface area contributed by atoms with Gasteiger partial charge in [-0.15, -0.1) is 0 Å². The lowest BCUT2D eigenvalue weighted by molar-refractivity contribution is -0.384. The molecule has 0 aliphatic carbocycles. The maximum absolute atomic E-state index is 13.2. The summed E-state index contributed by atoms with van der Waals surface area (Å²) in [6.45, 7) is -1.61. The van der Waals surface area contributed by atoms with E-state index in [0.29, 0.717) is 12.1 Å². The first-order valence-electron chi connectivity index (χ1n) is 4.63. The number of nitro groups is 1. The van der Waals surface area contributed by atoms with E-state index in [4.69, 9.17) is 5.11 Å². The molecule has 0 saturated carbocycles. The van der Waals surface area contributed by atoms with Gasteiger partial charge in [0.2, 0.25) is 0 Å². The van der Waals surface area contributed by atoms with Gasteiger partial charge in [0.1, 0.15) is 23.6 Å². The molecule has 0 bridgehead atoms. The van der Waals surface area contributed by atoms with Crippen LogP contribution in [0, 0.1) is 15.9 Å². The van der Waals surface area contributed by atoms with E-state index >= 15 is 0 Å². The summed E-state index contributed by atoms with van der Waals surface area (Å²) in [5.74, 6) is -3.13. The molecule has 0 unspecified atom stereocenters. The molecular formula is C9H6F4N2O4. The summed E-state index contributed by atoms with van der Waals surface area (Å²) in [5, 5.41) is 20.8. The van der Waals surface area contributed by atoms with Crippen molar-refractivity contribution in [2.24, 2.45) is 0 Å². The topological polar surface area (TPSA) is 92.5 Å².